The Labute approximate surface area is 256 Å². The molecular formula is C24H20Cl2F3N9O5S. The predicted molar refractivity (Wildman–Crippen MR) is 148 cm³/mol. The van der Waals surface area contributed by atoms with Crippen LogP contribution in [0.3, 0.4) is 0 Å². The zero-order valence-corrected chi connectivity index (χ0v) is 24.6. The van der Waals surface area contributed by atoms with Crippen molar-refractivity contribution in [1.82, 2.24) is 40.3 Å². The molecule has 1 fully saturated rings. The summed E-state index contributed by atoms with van der Waals surface area (Å²) in [5.41, 5.74) is 0.0687. The number of carbonyl (C=O) groups excluding carboxylic acids is 2. The lowest BCUT2D eigenvalue weighted by molar-refractivity contribution is -0.145. The number of carbonyl (C=O) groups is 2. The number of amides is 2. The summed E-state index contributed by atoms with van der Waals surface area (Å²) in [7, 11) is -3.57. The van der Waals surface area contributed by atoms with Crippen LogP contribution in [0, 0.1) is 6.92 Å². The molecule has 1 saturated heterocycles. The molecule has 3 N–H and O–H groups in total. The molecule has 4 aromatic rings. The van der Waals surface area contributed by atoms with Crippen molar-refractivity contribution in [3.05, 3.63) is 74.9 Å². The number of aliphatic hydroxyl groups excluding tert-OH is 1. The van der Waals surface area contributed by atoms with Crippen LogP contribution < -0.4 is 10.6 Å². The largest absolute Gasteiger partial charge is 0.455 e. The Bertz CT molecular complexity index is 1880. The summed E-state index contributed by atoms with van der Waals surface area (Å²) in [5, 5.41) is 29.3. The van der Waals surface area contributed by atoms with Crippen molar-refractivity contribution in [2.24, 2.45) is 0 Å². The standard InChI is InChI=1S/C24H20Cl2F3N9O5S/c1-11-5-12(25)6-14(21(40)31-16-9-44(42,43)10-18(16)39)19(11)32-22(41)17-7-13(8-37-35-23(33-36-37)24(27,28)29)34-38(17)20-15(26)3-2-4-30-20/h2-7,16,18,39H,8-10H2,1H3,(H,31,40)(H,32,41). The number of benzene rings is 1. The number of hydrogen-bond donors (Lipinski definition) is 3. The second kappa shape index (κ2) is 11.8. The smallest absolute Gasteiger partial charge is 0.390 e. The van der Waals surface area contributed by atoms with Crippen molar-refractivity contribution >= 4 is 50.5 Å². The Balaban J connectivity index is 1.49. The maximum atomic E-state index is 13.7. The van der Waals surface area contributed by atoms with E-state index in [0.29, 0.717) is 10.4 Å². The number of anilines is 1. The van der Waals surface area contributed by atoms with Crippen LogP contribution in [0.1, 0.15) is 37.9 Å². The number of alkyl halides is 3. The lowest BCUT2D eigenvalue weighted by Crippen LogP contribution is -2.42. The number of sulfone groups is 1. The molecule has 20 heteroatoms. The van der Waals surface area contributed by atoms with Gasteiger partial charge in [0.1, 0.15) is 12.2 Å². The van der Waals surface area contributed by atoms with Gasteiger partial charge in [0.2, 0.25) is 0 Å². The monoisotopic (exact) mass is 673 g/mol. The third-order valence-electron chi connectivity index (χ3n) is 6.36. The van der Waals surface area contributed by atoms with Crippen LogP contribution in [-0.2, 0) is 22.6 Å². The fourth-order valence-corrected chi connectivity index (χ4v) is 6.63. The number of tetrazole rings is 1. The van der Waals surface area contributed by atoms with Gasteiger partial charge in [0.05, 0.1) is 45.6 Å². The Hall–Kier alpha value is -4.13. The molecule has 5 rings (SSSR count). The van der Waals surface area contributed by atoms with Crippen molar-refractivity contribution < 1.29 is 36.3 Å². The normalized spacial score (nSPS) is 17.9. The average molecular weight is 674 g/mol. The van der Waals surface area contributed by atoms with Crippen molar-refractivity contribution in [3.8, 4) is 5.82 Å². The zero-order chi connectivity index (χ0) is 32.0. The summed E-state index contributed by atoms with van der Waals surface area (Å²) in [6.45, 7) is 1.14. The first kappa shape index (κ1) is 31.3. The fraction of sp³-hybridized carbons (Fsp3) is 0.292. The van der Waals surface area contributed by atoms with Crippen LogP contribution in [0.25, 0.3) is 5.82 Å². The van der Waals surface area contributed by atoms with E-state index in [-0.39, 0.29) is 38.5 Å². The number of hydrogen-bond acceptors (Lipinski definition) is 10. The third-order valence-corrected chi connectivity index (χ3v) is 8.59. The van der Waals surface area contributed by atoms with Gasteiger partial charge in [0.15, 0.2) is 15.7 Å². The molecule has 4 heterocycles. The summed E-state index contributed by atoms with van der Waals surface area (Å²) in [6.07, 6.45) is -4.78. The van der Waals surface area contributed by atoms with Gasteiger partial charge in [-0.3, -0.25) is 9.59 Å². The summed E-state index contributed by atoms with van der Waals surface area (Å²) < 4.78 is 63.7. The van der Waals surface area contributed by atoms with E-state index in [2.05, 4.69) is 36.1 Å². The highest BCUT2D eigenvalue weighted by Crippen LogP contribution is 2.28. The number of nitrogens with one attached hydrogen (secondary N) is 2. The van der Waals surface area contributed by atoms with Crippen LogP contribution in [0.2, 0.25) is 10.0 Å². The van der Waals surface area contributed by atoms with Crippen molar-refractivity contribution in [2.75, 3.05) is 16.8 Å². The van der Waals surface area contributed by atoms with Gasteiger partial charge in [-0.2, -0.15) is 23.1 Å². The molecule has 0 spiro atoms. The number of nitrogens with zero attached hydrogens (tertiary/aromatic N) is 7. The Kier molecular flexibility index (Phi) is 8.36. The first-order valence-corrected chi connectivity index (χ1v) is 15.0. The fourth-order valence-electron chi connectivity index (χ4n) is 4.41. The molecule has 2 amide bonds. The first-order valence-electron chi connectivity index (χ1n) is 12.5. The molecule has 14 nitrogen and oxygen atoms in total. The minimum atomic E-state index is -4.82. The van der Waals surface area contributed by atoms with Gasteiger partial charge in [-0.1, -0.05) is 23.2 Å². The maximum absolute atomic E-state index is 13.7. The highest BCUT2D eigenvalue weighted by Gasteiger charge is 2.38. The van der Waals surface area contributed by atoms with Gasteiger partial charge in [-0.25, -0.2) is 18.1 Å². The van der Waals surface area contributed by atoms with Crippen LogP contribution in [0.4, 0.5) is 18.9 Å². The summed E-state index contributed by atoms with van der Waals surface area (Å²) >= 11 is 12.5. The molecule has 0 saturated carbocycles. The van der Waals surface area contributed by atoms with E-state index in [4.69, 9.17) is 23.2 Å². The lowest BCUT2D eigenvalue weighted by Gasteiger charge is -2.18. The number of rotatable bonds is 7. The number of aliphatic hydroxyl groups is 1. The number of aromatic nitrogens is 7. The highest BCUT2D eigenvalue weighted by molar-refractivity contribution is 7.91. The quantitative estimate of drug-likeness (QED) is 0.262. The molecule has 1 aliphatic rings. The summed E-state index contributed by atoms with van der Waals surface area (Å²) in [4.78, 5) is 31.7. The van der Waals surface area contributed by atoms with Crippen molar-refractivity contribution in [3.63, 3.8) is 0 Å². The molecule has 2 atom stereocenters. The average Bonchev–Trinajstić information content (AvgIpc) is 3.63. The molecule has 44 heavy (non-hydrogen) atoms. The molecule has 232 valence electrons. The Morgan fingerprint density at radius 2 is 1.89 bits per heavy atom. The van der Waals surface area contributed by atoms with Crippen LogP contribution in [0.15, 0.2) is 36.5 Å². The van der Waals surface area contributed by atoms with E-state index in [0.717, 1.165) is 4.68 Å². The van der Waals surface area contributed by atoms with Gasteiger partial charge in [-0.15, -0.1) is 10.2 Å². The van der Waals surface area contributed by atoms with Gasteiger partial charge in [0, 0.05) is 11.2 Å². The molecule has 2 unspecified atom stereocenters. The van der Waals surface area contributed by atoms with Gasteiger partial charge in [-0.05, 0) is 48.0 Å². The predicted octanol–water partition coefficient (Wildman–Crippen LogP) is 2.08. The van der Waals surface area contributed by atoms with Crippen molar-refractivity contribution in [1.29, 1.82) is 0 Å². The number of aryl methyl sites for hydroxylation is 1. The van der Waals surface area contributed by atoms with E-state index < -0.39 is 63.8 Å². The van der Waals surface area contributed by atoms with E-state index in [9.17, 15) is 36.3 Å². The molecule has 0 radical (unpaired) electrons. The zero-order valence-electron chi connectivity index (χ0n) is 22.2. The van der Waals surface area contributed by atoms with E-state index in [1.807, 2.05) is 0 Å². The third kappa shape index (κ3) is 6.67. The molecule has 0 aliphatic carbocycles. The lowest BCUT2D eigenvalue weighted by atomic mass is 10.1. The SMILES string of the molecule is Cc1cc(Cl)cc(C(=O)NC2CS(=O)(=O)CC2O)c1NC(=O)c1cc(Cn2nnc(C(F)(F)F)n2)nn1-c1ncccc1Cl. The summed E-state index contributed by atoms with van der Waals surface area (Å²) in [5.74, 6) is -4.09. The van der Waals surface area contributed by atoms with Crippen LogP contribution in [-0.4, -0.2) is 84.0 Å². The molecular weight excluding hydrogens is 654 g/mol. The topological polar surface area (TPSA) is 187 Å². The van der Waals surface area contributed by atoms with Crippen molar-refractivity contribution in [2.45, 2.75) is 31.8 Å². The number of pyridine rings is 1. The van der Waals surface area contributed by atoms with Gasteiger partial charge in [0.25, 0.3) is 17.6 Å². The van der Waals surface area contributed by atoms with Gasteiger partial charge >= 0.3 is 6.18 Å². The maximum Gasteiger partial charge on any atom is 0.455 e. The Morgan fingerprint density at radius 1 is 1.14 bits per heavy atom. The minimum Gasteiger partial charge on any atom is -0.390 e. The van der Waals surface area contributed by atoms with E-state index in [1.54, 1.807) is 6.92 Å². The van der Waals surface area contributed by atoms with Crippen LogP contribution in [0.5, 0.6) is 0 Å². The molecule has 3 aromatic heterocycles. The van der Waals surface area contributed by atoms with Crippen LogP contribution >= 0.6 is 23.2 Å². The second-order valence-corrected chi connectivity index (χ2v) is 12.7. The molecule has 1 aromatic carbocycles. The minimum absolute atomic E-state index is 0.00132. The number of halogens is 5. The van der Waals surface area contributed by atoms with Gasteiger partial charge < -0.3 is 15.7 Å². The second-order valence-electron chi connectivity index (χ2n) is 9.71. The first-order chi connectivity index (χ1) is 20.6. The Morgan fingerprint density at radius 3 is 2.52 bits per heavy atom. The summed E-state index contributed by atoms with van der Waals surface area (Å²) in [6, 6.07) is 5.88. The molecule has 0 bridgehead atoms. The highest BCUT2D eigenvalue weighted by atomic mass is 35.5. The van der Waals surface area contributed by atoms with E-state index in [1.165, 1.54) is 36.5 Å². The van der Waals surface area contributed by atoms with E-state index >= 15 is 0 Å². The molecule has 1 aliphatic heterocycles.